The van der Waals surface area contributed by atoms with Crippen LogP contribution < -0.4 is 5.32 Å². The van der Waals surface area contributed by atoms with Crippen LogP contribution in [0.1, 0.15) is 37.3 Å². The molecule has 6 heteroatoms. The summed E-state index contributed by atoms with van der Waals surface area (Å²) in [5, 5.41) is 4.30. The Bertz CT molecular complexity index is 804. The van der Waals surface area contributed by atoms with E-state index in [4.69, 9.17) is 23.8 Å². The summed E-state index contributed by atoms with van der Waals surface area (Å²) >= 11 is 11.5. The molecule has 0 aliphatic carbocycles. The number of nitrogens with zero attached hydrogens (tertiary/aromatic N) is 2. The van der Waals surface area contributed by atoms with Crippen LogP contribution in [0.4, 0.5) is 10.1 Å². The molecule has 0 saturated carbocycles. The normalized spacial score (nSPS) is 16.1. The van der Waals surface area contributed by atoms with Crippen LogP contribution in [0.25, 0.3) is 0 Å². The van der Waals surface area contributed by atoms with Gasteiger partial charge in [0.05, 0.1) is 5.02 Å². The first-order chi connectivity index (χ1) is 13.5. The summed E-state index contributed by atoms with van der Waals surface area (Å²) in [6.07, 6.45) is 1.14. The predicted octanol–water partition coefficient (Wildman–Crippen LogP) is 5.51. The van der Waals surface area contributed by atoms with Gasteiger partial charge in [0.1, 0.15) is 5.82 Å². The van der Waals surface area contributed by atoms with Crippen molar-refractivity contribution in [1.29, 1.82) is 0 Å². The maximum Gasteiger partial charge on any atom is 0.173 e. The van der Waals surface area contributed by atoms with Crippen LogP contribution in [-0.2, 0) is 6.54 Å². The van der Waals surface area contributed by atoms with Crippen LogP contribution in [-0.4, -0.2) is 41.1 Å². The molecule has 0 radical (unpaired) electrons. The molecule has 0 spiro atoms. The van der Waals surface area contributed by atoms with Crippen molar-refractivity contribution in [3.05, 3.63) is 64.4 Å². The van der Waals surface area contributed by atoms with Gasteiger partial charge in [-0.05, 0) is 59.9 Å². The largest absolute Gasteiger partial charge is 0.346 e. The Balaban J connectivity index is 1.48. The second kappa shape index (κ2) is 9.68. The molecular weight excluding hydrogens is 393 g/mol. The molecule has 0 aromatic heterocycles. The molecule has 0 amide bonds. The first-order valence-corrected chi connectivity index (χ1v) is 10.6. The number of nitrogens with one attached hydrogen (secondary N) is 1. The van der Waals surface area contributed by atoms with E-state index in [9.17, 15) is 4.39 Å². The zero-order valence-corrected chi connectivity index (χ0v) is 18.0. The second-order valence-corrected chi connectivity index (χ2v) is 8.17. The molecule has 28 heavy (non-hydrogen) atoms. The van der Waals surface area contributed by atoms with Crippen LogP contribution in [0.2, 0.25) is 5.02 Å². The van der Waals surface area contributed by atoms with Crippen LogP contribution in [0.3, 0.4) is 0 Å². The molecule has 2 aromatic carbocycles. The van der Waals surface area contributed by atoms with Gasteiger partial charge in [0.2, 0.25) is 0 Å². The third kappa shape index (κ3) is 5.43. The molecular formula is C22H27ClFN3S. The van der Waals surface area contributed by atoms with E-state index >= 15 is 0 Å². The summed E-state index contributed by atoms with van der Waals surface area (Å²) in [6.45, 7) is 8.76. The standard InChI is InChI=1S/C22H27ClFN3S/c1-3-16(2)18-5-7-19(8-6-18)25-22(28)27-12-10-26(11-13-27)15-17-4-9-21(24)20(23)14-17/h4-9,14,16H,3,10-13,15H2,1-2H3,(H,25,28). The SMILES string of the molecule is CCC(C)c1ccc(NC(=S)N2CCN(Cc3ccc(F)c(Cl)c3)CC2)cc1. The van der Waals surface area contributed by atoms with Gasteiger partial charge in [0.15, 0.2) is 5.11 Å². The van der Waals surface area contributed by atoms with Crippen LogP contribution in [0.5, 0.6) is 0 Å². The zero-order valence-electron chi connectivity index (χ0n) is 16.4. The fraction of sp³-hybridized carbons (Fsp3) is 0.409. The fourth-order valence-electron chi connectivity index (χ4n) is 3.34. The molecule has 1 saturated heterocycles. The van der Waals surface area contributed by atoms with Crippen molar-refractivity contribution in [3.63, 3.8) is 0 Å². The van der Waals surface area contributed by atoms with E-state index in [1.54, 1.807) is 12.1 Å². The van der Waals surface area contributed by atoms with E-state index in [0.717, 1.165) is 55.5 Å². The molecule has 3 rings (SSSR count). The minimum atomic E-state index is -0.371. The maximum atomic E-state index is 13.3. The Morgan fingerprint density at radius 2 is 1.82 bits per heavy atom. The van der Waals surface area contributed by atoms with Gasteiger partial charge in [0, 0.05) is 38.4 Å². The molecule has 2 aromatic rings. The molecule has 0 bridgehead atoms. The van der Waals surface area contributed by atoms with Gasteiger partial charge in [-0.25, -0.2) is 4.39 Å². The van der Waals surface area contributed by atoms with Crippen LogP contribution >= 0.6 is 23.8 Å². The highest BCUT2D eigenvalue weighted by Crippen LogP contribution is 2.21. The number of rotatable bonds is 5. The number of piperazine rings is 1. The van der Waals surface area contributed by atoms with E-state index in [-0.39, 0.29) is 10.8 Å². The number of hydrogen-bond acceptors (Lipinski definition) is 2. The Morgan fingerprint density at radius 1 is 1.14 bits per heavy atom. The third-order valence-electron chi connectivity index (χ3n) is 5.39. The van der Waals surface area contributed by atoms with Crippen LogP contribution in [0.15, 0.2) is 42.5 Å². The minimum Gasteiger partial charge on any atom is -0.346 e. The average molecular weight is 420 g/mol. The molecule has 1 aliphatic rings. The van der Waals surface area contributed by atoms with E-state index in [0.29, 0.717) is 5.92 Å². The smallest absolute Gasteiger partial charge is 0.173 e. The topological polar surface area (TPSA) is 18.5 Å². The number of halogens is 2. The van der Waals surface area contributed by atoms with E-state index in [2.05, 4.69) is 53.2 Å². The van der Waals surface area contributed by atoms with Crippen molar-refractivity contribution in [2.45, 2.75) is 32.7 Å². The lowest BCUT2D eigenvalue weighted by molar-refractivity contribution is 0.177. The monoisotopic (exact) mass is 419 g/mol. The van der Waals surface area contributed by atoms with Crippen molar-refractivity contribution in [3.8, 4) is 0 Å². The maximum absolute atomic E-state index is 13.3. The Morgan fingerprint density at radius 3 is 2.43 bits per heavy atom. The van der Waals surface area contributed by atoms with E-state index in [1.165, 1.54) is 11.6 Å². The van der Waals surface area contributed by atoms with Gasteiger partial charge >= 0.3 is 0 Å². The summed E-state index contributed by atoms with van der Waals surface area (Å²) < 4.78 is 13.3. The van der Waals surface area contributed by atoms with Crippen LogP contribution in [0, 0.1) is 5.82 Å². The van der Waals surface area contributed by atoms with Crippen molar-refractivity contribution in [1.82, 2.24) is 9.80 Å². The second-order valence-electron chi connectivity index (χ2n) is 7.37. The number of benzene rings is 2. The van der Waals surface area contributed by atoms with Crippen molar-refractivity contribution in [2.24, 2.45) is 0 Å². The summed E-state index contributed by atoms with van der Waals surface area (Å²) in [5.74, 6) is 0.203. The van der Waals surface area contributed by atoms with E-state index < -0.39 is 0 Å². The number of thiocarbonyl (C=S) groups is 1. The first-order valence-electron chi connectivity index (χ1n) is 9.78. The molecule has 1 heterocycles. The summed E-state index contributed by atoms with van der Waals surface area (Å²) in [7, 11) is 0. The molecule has 1 unspecified atom stereocenters. The highest BCUT2D eigenvalue weighted by atomic mass is 35.5. The molecule has 3 nitrogen and oxygen atoms in total. The number of anilines is 1. The summed E-state index contributed by atoms with van der Waals surface area (Å²) in [4.78, 5) is 4.54. The van der Waals surface area contributed by atoms with Gasteiger partial charge in [0.25, 0.3) is 0 Å². The van der Waals surface area contributed by atoms with Crippen molar-refractivity contribution >= 4 is 34.6 Å². The summed E-state index contributed by atoms with van der Waals surface area (Å²) in [5.41, 5.74) is 3.41. The van der Waals surface area contributed by atoms with Gasteiger partial charge in [-0.1, -0.05) is 43.6 Å². The lowest BCUT2D eigenvalue weighted by atomic mass is 9.99. The quantitative estimate of drug-likeness (QED) is 0.644. The molecule has 1 aliphatic heterocycles. The van der Waals surface area contributed by atoms with Gasteiger partial charge in [-0.2, -0.15) is 0 Å². The Hall–Kier alpha value is -1.69. The van der Waals surface area contributed by atoms with Crippen molar-refractivity contribution < 1.29 is 4.39 Å². The van der Waals surface area contributed by atoms with Gasteiger partial charge in [-0.15, -0.1) is 0 Å². The third-order valence-corrected chi connectivity index (χ3v) is 6.04. The van der Waals surface area contributed by atoms with Gasteiger partial charge in [-0.3, -0.25) is 4.90 Å². The molecule has 1 N–H and O–H groups in total. The highest BCUT2D eigenvalue weighted by Gasteiger charge is 2.19. The highest BCUT2D eigenvalue weighted by molar-refractivity contribution is 7.80. The Labute approximate surface area is 177 Å². The average Bonchev–Trinajstić information content (AvgIpc) is 2.71. The summed E-state index contributed by atoms with van der Waals surface area (Å²) in [6, 6.07) is 13.5. The Kier molecular flexibility index (Phi) is 7.27. The predicted molar refractivity (Wildman–Crippen MR) is 120 cm³/mol. The number of hydrogen-bond donors (Lipinski definition) is 1. The molecule has 150 valence electrons. The zero-order chi connectivity index (χ0) is 20.1. The van der Waals surface area contributed by atoms with Gasteiger partial charge < -0.3 is 10.2 Å². The lowest BCUT2D eigenvalue weighted by Crippen LogP contribution is -2.49. The fourth-order valence-corrected chi connectivity index (χ4v) is 3.84. The lowest BCUT2D eigenvalue weighted by Gasteiger charge is -2.36. The minimum absolute atomic E-state index is 0.181. The molecule has 1 atom stereocenters. The first kappa shape index (κ1) is 21.0. The molecule has 1 fully saturated rings. The van der Waals surface area contributed by atoms with Crippen molar-refractivity contribution in [2.75, 3.05) is 31.5 Å². The van der Waals surface area contributed by atoms with E-state index in [1.807, 2.05) is 0 Å².